The molecule has 4 atom stereocenters. The van der Waals surface area contributed by atoms with Gasteiger partial charge in [0, 0.05) is 12.1 Å². The fourth-order valence-corrected chi connectivity index (χ4v) is 4.83. The molecule has 1 saturated carbocycles. The fourth-order valence-electron chi connectivity index (χ4n) is 4.83. The number of hydrogen-bond acceptors (Lipinski definition) is 6. The van der Waals surface area contributed by atoms with Crippen LogP contribution in [0.1, 0.15) is 24.0 Å². The highest BCUT2D eigenvalue weighted by molar-refractivity contribution is 6.06. The minimum absolute atomic E-state index is 0.0375. The molecule has 1 aliphatic heterocycles. The first-order chi connectivity index (χ1) is 15.5. The summed E-state index contributed by atoms with van der Waals surface area (Å²) < 4.78 is 5.71. The molecule has 2 bridgehead atoms. The van der Waals surface area contributed by atoms with Crippen molar-refractivity contribution >= 4 is 23.7 Å². The highest BCUT2D eigenvalue weighted by Crippen LogP contribution is 2.49. The molecule has 8 heteroatoms. The number of rotatable bonds is 6. The highest BCUT2D eigenvalue weighted by Gasteiger charge is 2.56. The zero-order valence-corrected chi connectivity index (χ0v) is 17.2. The molecule has 0 spiro atoms. The average Bonchev–Trinajstić information content (AvgIpc) is 3.10. The van der Waals surface area contributed by atoms with Crippen molar-refractivity contribution < 1.29 is 19.2 Å². The lowest BCUT2D eigenvalue weighted by atomic mass is 9.63. The molecule has 0 N–H and O–H groups in total. The van der Waals surface area contributed by atoms with Crippen molar-refractivity contribution in [2.45, 2.75) is 19.4 Å². The first-order valence-electron chi connectivity index (χ1n) is 10.6. The summed E-state index contributed by atoms with van der Waals surface area (Å²) >= 11 is 0. The van der Waals surface area contributed by atoms with Gasteiger partial charge in [-0.3, -0.25) is 19.7 Å². The number of nitro benzene ring substituents is 1. The first-order valence-corrected chi connectivity index (χ1v) is 10.6. The zero-order chi connectivity index (χ0) is 22.2. The second-order valence-corrected chi connectivity index (χ2v) is 8.36. The van der Waals surface area contributed by atoms with E-state index in [1.807, 2.05) is 0 Å². The summed E-state index contributed by atoms with van der Waals surface area (Å²) in [7, 11) is 0. The number of hydrogen-bond donors (Lipinski definition) is 0. The van der Waals surface area contributed by atoms with Gasteiger partial charge in [-0.05, 0) is 72.2 Å². The minimum atomic E-state index is -0.441. The monoisotopic (exact) mass is 431 g/mol. The minimum Gasteiger partial charge on any atom is -0.489 e. The van der Waals surface area contributed by atoms with Crippen LogP contribution in [0.3, 0.4) is 0 Å². The number of hydrazone groups is 1. The quantitative estimate of drug-likeness (QED) is 0.228. The molecule has 2 aromatic carbocycles. The number of non-ortho nitro benzene ring substituents is 1. The van der Waals surface area contributed by atoms with Gasteiger partial charge in [0.1, 0.15) is 12.4 Å². The Bertz CT molecular complexity index is 1090. The van der Waals surface area contributed by atoms with Crippen molar-refractivity contribution in [3.63, 3.8) is 0 Å². The Balaban J connectivity index is 1.21. The van der Waals surface area contributed by atoms with Crippen molar-refractivity contribution in [2.24, 2.45) is 28.8 Å². The zero-order valence-electron chi connectivity index (χ0n) is 17.2. The van der Waals surface area contributed by atoms with Crippen LogP contribution in [-0.2, 0) is 16.2 Å². The van der Waals surface area contributed by atoms with Gasteiger partial charge < -0.3 is 4.74 Å². The van der Waals surface area contributed by atoms with Gasteiger partial charge in [-0.25, -0.2) is 0 Å². The van der Waals surface area contributed by atoms with Crippen LogP contribution < -0.4 is 4.74 Å². The number of ether oxygens (including phenoxy) is 1. The molecule has 8 nitrogen and oxygen atoms in total. The predicted octanol–water partition coefficient (Wildman–Crippen LogP) is 3.70. The van der Waals surface area contributed by atoms with E-state index in [2.05, 4.69) is 17.3 Å². The maximum absolute atomic E-state index is 12.8. The van der Waals surface area contributed by atoms with Crippen LogP contribution in [0, 0.1) is 33.8 Å². The van der Waals surface area contributed by atoms with Crippen molar-refractivity contribution in [1.29, 1.82) is 0 Å². The molecule has 162 valence electrons. The van der Waals surface area contributed by atoms with Gasteiger partial charge in [0.15, 0.2) is 0 Å². The third-order valence-electron chi connectivity index (χ3n) is 6.49. The molecule has 2 aromatic rings. The lowest BCUT2D eigenvalue weighted by molar-refractivity contribution is -0.384. The standard InChI is InChI=1S/C24H21N3O5/c28-23-21-17-5-6-18(8-7-17)22(21)24(29)26(23)25-13-15-3-11-20(12-4-15)32-14-16-1-9-19(10-2-16)27(30)31/h1-6,9-13,17-18,21-22H,7-8,14H2/b25-13-/t17-,18-,21-,22-/m0/s1. The van der Waals surface area contributed by atoms with E-state index < -0.39 is 4.92 Å². The molecule has 6 rings (SSSR count). The number of carbonyl (C=O) groups excluding carboxylic acids is 2. The molecule has 0 unspecified atom stereocenters. The van der Waals surface area contributed by atoms with E-state index in [1.165, 1.54) is 18.3 Å². The van der Waals surface area contributed by atoms with E-state index in [1.54, 1.807) is 36.4 Å². The Morgan fingerprint density at radius 2 is 1.56 bits per heavy atom. The second-order valence-electron chi connectivity index (χ2n) is 8.36. The van der Waals surface area contributed by atoms with E-state index in [0.29, 0.717) is 5.75 Å². The summed E-state index contributed by atoms with van der Waals surface area (Å²) in [6, 6.07) is 13.3. The number of fused-ring (bicyclic) bond motifs is 1. The number of nitro groups is 1. The van der Waals surface area contributed by atoms with Gasteiger partial charge in [0.25, 0.3) is 17.5 Å². The maximum atomic E-state index is 12.8. The summed E-state index contributed by atoms with van der Waals surface area (Å²) in [6.07, 6.45) is 7.61. The Labute approximate surface area is 184 Å². The lowest BCUT2D eigenvalue weighted by Crippen LogP contribution is -2.38. The fraction of sp³-hybridized carbons (Fsp3) is 0.292. The van der Waals surface area contributed by atoms with Gasteiger partial charge in [-0.2, -0.15) is 10.1 Å². The maximum Gasteiger partial charge on any atom is 0.269 e. The molecule has 1 saturated heterocycles. The molecule has 2 amide bonds. The van der Waals surface area contributed by atoms with Crippen LogP contribution in [0.15, 0.2) is 65.8 Å². The molecule has 4 aliphatic rings. The van der Waals surface area contributed by atoms with Gasteiger partial charge in [0.05, 0.1) is 23.0 Å². The van der Waals surface area contributed by atoms with E-state index in [-0.39, 0.29) is 47.8 Å². The third-order valence-corrected chi connectivity index (χ3v) is 6.49. The first kappa shape index (κ1) is 20.1. The largest absolute Gasteiger partial charge is 0.489 e. The van der Waals surface area contributed by atoms with E-state index in [0.717, 1.165) is 29.0 Å². The summed E-state index contributed by atoms with van der Waals surface area (Å²) in [5, 5.41) is 16.0. The third kappa shape index (κ3) is 3.57. The number of nitrogens with zero attached hydrogens (tertiary/aromatic N) is 3. The summed E-state index contributed by atoms with van der Waals surface area (Å²) in [5.41, 5.74) is 1.59. The number of imide groups is 1. The molecular weight excluding hydrogens is 410 g/mol. The van der Waals surface area contributed by atoms with Gasteiger partial charge in [-0.1, -0.05) is 12.2 Å². The summed E-state index contributed by atoms with van der Waals surface area (Å²) in [4.78, 5) is 35.9. The lowest BCUT2D eigenvalue weighted by Gasteiger charge is -2.37. The second kappa shape index (κ2) is 8.03. The van der Waals surface area contributed by atoms with E-state index in [4.69, 9.17) is 4.74 Å². The molecule has 0 aromatic heterocycles. The number of amides is 2. The molecule has 2 fully saturated rings. The molecule has 32 heavy (non-hydrogen) atoms. The Kier molecular flexibility index (Phi) is 5.05. The topological polar surface area (TPSA) is 102 Å². The molecule has 3 aliphatic carbocycles. The summed E-state index contributed by atoms with van der Waals surface area (Å²) in [5.74, 6) is -0.000868. The molecular formula is C24H21N3O5. The van der Waals surface area contributed by atoms with Crippen LogP contribution in [0.4, 0.5) is 5.69 Å². The smallest absolute Gasteiger partial charge is 0.269 e. The van der Waals surface area contributed by atoms with Crippen LogP contribution in [0.25, 0.3) is 0 Å². The molecule has 1 heterocycles. The molecule has 0 radical (unpaired) electrons. The summed E-state index contributed by atoms with van der Waals surface area (Å²) in [6.45, 7) is 0.279. The number of carbonyl (C=O) groups is 2. The number of benzene rings is 2. The van der Waals surface area contributed by atoms with E-state index in [9.17, 15) is 19.7 Å². The highest BCUT2D eigenvalue weighted by atomic mass is 16.6. The Morgan fingerprint density at radius 3 is 2.09 bits per heavy atom. The normalized spacial score (nSPS) is 26.1. The number of allylic oxidation sites excluding steroid dienone is 2. The average molecular weight is 431 g/mol. The predicted molar refractivity (Wildman–Crippen MR) is 116 cm³/mol. The van der Waals surface area contributed by atoms with Crippen LogP contribution in [-0.4, -0.2) is 28.0 Å². The van der Waals surface area contributed by atoms with Gasteiger partial charge in [0.2, 0.25) is 0 Å². The van der Waals surface area contributed by atoms with E-state index >= 15 is 0 Å². The Hall–Kier alpha value is -3.81. The van der Waals surface area contributed by atoms with Crippen molar-refractivity contribution in [3.05, 3.63) is 81.9 Å². The SMILES string of the molecule is O=C1[C@@H]2[C@@H](C(=O)N1/N=C\c1ccc(OCc3ccc([N+](=O)[O-])cc3)cc1)[C@H]1C=C[C@H]2CC1. The van der Waals surface area contributed by atoms with Crippen LogP contribution >= 0.6 is 0 Å². The van der Waals surface area contributed by atoms with Crippen LogP contribution in [0.5, 0.6) is 5.75 Å². The van der Waals surface area contributed by atoms with Gasteiger partial charge >= 0.3 is 0 Å². The van der Waals surface area contributed by atoms with Gasteiger partial charge in [-0.15, -0.1) is 0 Å². The van der Waals surface area contributed by atoms with Crippen molar-refractivity contribution in [2.75, 3.05) is 0 Å². The van der Waals surface area contributed by atoms with Crippen LogP contribution in [0.2, 0.25) is 0 Å². The Morgan fingerprint density at radius 1 is 0.969 bits per heavy atom. The van der Waals surface area contributed by atoms with Crippen molar-refractivity contribution in [1.82, 2.24) is 5.01 Å². The van der Waals surface area contributed by atoms with Crippen molar-refractivity contribution in [3.8, 4) is 5.75 Å².